The fraction of sp³-hybridized carbons (Fsp3) is 0.273. The molecule has 1 aromatic rings. The normalized spacial score (nSPS) is 19.8. The lowest BCUT2D eigenvalue weighted by Crippen LogP contribution is -2.29. The van der Waals surface area contributed by atoms with Gasteiger partial charge in [-0.15, -0.1) is 0 Å². The quantitative estimate of drug-likeness (QED) is 0.831. The zero-order valence-corrected chi connectivity index (χ0v) is 8.82. The lowest BCUT2D eigenvalue weighted by atomic mass is 10.1. The summed E-state index contributed by atoms with van der Waals surface area (Å²) in [6, 6.07) is 2.93. The number of nitrogens with two attached hydrogens (primary N) is 1. The van der Waals surface area contributed by atoms with Gasteiger partial charge in [0.15, 0.2) is 0 Å². The van der Waals surface area contributed by atoms with Crippen molar-refractivity contribution in [1.29, 1.82) is 0 Å². The van der Waals surface area contributed by atoms with Crippen LogP contribution in [0.4, 0.5) is 14.5 Å². The van der Waals surface area contributed by atoms with Crippen LogP contribution in [0.3, 0.4) is 0 Å². The molecule has 1 heterocycles. The maximum Gasteiger partial charge on any atom is 0.227 e. The van der Waals surface area contributed by atoms with Gasteiger partial charge in [0.1, 0.15) is 11.6 Å². The van der Waals surface area contributed by atoms with E-state index >= 15 is 0 Å². The minimum Gasteiger partial charge on any atom is -0.369 e. The standard InChI is InChI=1S/C11H10F2N2O2/c12-7-1-2-9(8(13)4-7)15-5-6(11(14)17)3-10(15)16/h1-2,4,6H,3,5H2,(H2,14,17)/t6-/m1/s1. The lowest BCUT2D eigenvalue weighted by Gasteiger charge is -2.16. The van der Waals surface area contributed by atoms with Gasteiger partial charge in [-0.25, -0.2) is 8.78 Å². The Morgan fingerprint density at radius 1 is 1.41 bits per heavy atom. The molecule has 0 unspecified atom stereocenters. The van der Waals surface area contributed by atoms with Crippen molar-refractivity contribution in [3.63, 3.8) is 0 Å². The molecule has 90 valence electrons. The molecule has 1 aliphatic heterocycles. The Morgan fingerprint density at radius 2 is 2.12 bits per heavy atom. The SMILES string of the molecule is NC(=O)[C@@H]1CC(=O)N(c2ccc(F)cc2F)C1. The first kappa shape index (κ1) is 11.5. The first-order chi connectivity index (χ1) is 7.99. The molecule has 1 fully saturated rings. The Hall–Kier alpha value is -1.98. The second-order valence-electron chi connectivity index (χ2n) is 3.90. The minimum atomic E-state index is -0.830. The third-order valence-corrected chi connectivity index (χ3v) is 2.73. The Kier molecular flexibility index (Phi) is 2.79. The number of carbonyl (C=O) groups is 2. The van der Waals surface area contributed by atoms with Crippen LogP contribution >= 0.6 is 0 Å². The van der Waals surface area contributed by atoms with Gasteiger partial charge < -0.3 is 10.6 Å². The van der Waals surface area contributed by atoms with Crippen molar-refractivity contribution in [1.82, 2.24) is 0 Å². The number of carbonyl (C=O) groups excluding carboxylic acids is 2. The number of amides is 2. The molecule has 17 heavy (non-hydrogen) atoms. The molecule has 0 radical (unpaired) electrons. The van der Waals surface area contributed by atoms with E-state index < -0.39 is 23.5 Å². The van der Waals surface area contributed by atoms with Gasteiger partial charge in [-0.2, -0.15) is 0 Å². The smallest absolute Gasteiger partial charge is 0.227 e. The maximum atomic E-state index is 13.5. The van der Waals surface area contributed by atoms with E-state index in [1.165, 1.54) is 6.07 Å². The monoisotopic (exact) mass is 240 g/mol. The summed E-state index contributed by atoms with van der Waals surface area (Å²) in [6.07, 6.45) is -0.0356. The summed E-state index contributed by atoms with van der Waals surface area (Å²) in [6.45, 7) is 0.0384. The first-order valence-corrected chi connectivity index (χ1v) is 5.04. The average molecular weight is 240 g/mol. The van der Waals surface area contributed by atoms with Gasteiger partial charge in [-0.05, 0) is 12.1 Å². The number of hydrogen-bond acceptors (Lipinski definition) is 2. The predicted molar refractivity (Wildman–Crippen MR) is 56.0 cm³/mol. The van der Waals surface area contributed by atoms with Crippen LogP contribution in [-0.2, 0) is 9.59 Å². The molecular formula is C11H10F2N2O2. The van der Waals surface area contributed by atoms with Crippen molar-refractivity contribution in [2.24, 2.45) is 11.7 Å². The highest BCUT2D eigenvalue weighted by atomic mass is 19.1. The second-order valence-corrected chi connectivity index (χ2v) is 3.90. The second kappa shape index (κ2) is 4.12. The van der Waals surface area contributed by atoms with Crippen LogP contribution in [0.1, 0.15) is 6.42 Å². The molecule has 2 amide bonds. The maximum absolute atomic E-state index is 13.5. The van der Waals surface area contributed by atoms with Gasteiger partial charge in [0.25, 0.3) is 0 Å². The van der Waals surface area contributed by atoms with Crippen molar-refractivity contribution < 1.29 is 18.4 Å². The molecule has 1 aliphatic rings. The molecule has 0 aliphatic carbocycles. The molecule has 2 N–H and O–H groups in total. The van der Waals surface area contributed by atoms with Crippen molar-refractivity contribution in [2.45, 2.75) is 6.42 Å². The zero-order chi connectivity index (χ0) is 12.6. The third kappa shape index (κ3) is 2.11. The van der Waals surface area contributed by atoms with Crippen LogP contribution in [0.25, 0.3) is 0 Å². The summed E-state index contributed by atoms with van der Waals surface area (Å²) in [5.41, 5.74) is 5.06. The summed E-state index contributed by atoms with van der Waals surface area (Å²) in [4.78, 5) is 23.7. The lowest BCUT2D eigenvalue weighted by molar-refractivity contribution is -0.123. The molecular weight excluding hydrogens is 230 g/mol. The van der Waals surface area contributed by atoms with Crippen LogP contribution in [0.15, 0.2) is 18.2 Å². The third-order valence-electron chi connectivity index (χ3n) is 2.73. The fourth-order valence-corrected chi connectivity index (χ4v) is 1.83. The van der Waals surface area contributed by atoms with Crippen LogP contribution in [0.5, 0.6) is 0 Å². The van der Waals surface area contributed by atoms with Gasteiger partial charge in [0.2, 0.25) is 11.8 Å². The van der Waals surface area contributed by atoms with Crippen molar-refractivity contribution >= 4 is 17.5 Å². The van der Waals surface area contributed by atoms with Gasteiger partial charge >= 0.3 is 0 Å². The van der Waals surface area contributed by atoms with E-state index in [4.69, 9.17) is 5.73 Å². The Morgan fingerprint density at radius 3 is 2.65 bits per heavy atom. The largest absolute Gasteiger partial charge is 0.369 e. The molecule has 0 aromatic heterocycles. The molecule has 0 spiro atoms. The minimum absolute atomic E-state index is 0.0276. The van der Waals surface area contributed by atoms with Crippen LogP contribution < -0.4 is 10.6 Å². The zero-order valence-electron chi connectivity index (χ0n) is 8.82. The Labute approximate surface area is 96.0 Å². The summed E-state index contributed by atoms with van der Waals surface area (Å²) < 4.78 is 26.2. The van der Waals surface area contributed by atoms with Gasteiger partial charge in [0, 0.05) is 19.0 Å². The summed E-state index contributed by atoms with van der Waals surface area (Å²) in [5.74, 6) is -3.15. The van der Waals surface area contributed by atoms with E-state index in [1.807, 2.05) is 0 Å². The molecule has 0 bridgehead atoms. The number of benzene rings is 1. The molecule has 0 saturated carbocycles. The molecule has 1 saturated heterocycles. The van der Waals surface area contributed by atoms with E-state index in [1.54, 1.807) is 0 Å². The van der Waals surface area contributed by atoms with Crippen LogP contribution in [0.2, 0.25) is 0 Å². The van der Waals surface area contributed by atoms with Crippen molar-refractivity contribution in [3.8, 4) is 0 Å². The topological polar surface area (TPSA) is 63.4 Å². The number of halogens is 2. The summed E-state index contributed by atoms with van der Waals surface area (Å²) in [7, 11) is 0. The number of rotatable bonds is 2. The number of primary amides is 1. The highest BCUT2D eigenvalue weighted by Crippen LogP contribution is 2.27. The van der Waals surface area contributed by atoms with E-state index in [-0.39, 0.29) is 24.6 Å². The van der Waals surface area contributed by atoms with Gasteiger partial charge in [0.05, 0.1) is 11.6 Å². The number of hydrogen-bond donors (Lipinski definition) is 1. The summed E-state index contributed by atoms with van der Waals surface area (Å²) in [5, 5.41) is 0. The Balaban J connectivity index is 2.29. The van der Waals surface area contributed by atoms with E-state index in [9.17, 15) is 18.4 Å². The molecule has 1 aromatic carbocycles. The number of anilines is 1. The van der Waals surface area contributed by atoms with E-state index in [0.717, 1.165) is 11.0 Å². The summed E-state index contributed by atoms with van der Waals surface area (Å²) >= 11 is 0. The predicted octanol–water partition coefficient (Wildman–Crippen LogP) is 0.803. The highest BCUT2D eigenvalue weighted by Gasteiger charge is 2.35. The van der Waals surface area contributed by atoms with E-state index in [2.05, 4.69) is 0 Å². The molecule has 4 nitrogen and oxygen atoms in total. The number of nitrogens with zero attached hydrogens (tertiary/aromatic N) is 1. The van der Waals surface area contributed by atoms with E-state index in [0.29, 0.717) is 6.07 Å². The van der Waals surface area contributed by atoms with Crippen LogP contribution in [0, 0.1) is 17.6 Å². The highest BCUT2D eigenvalue weighted by molar-refractivity contribution is 6.00. The molecule has 1 atom stereocenters. The average Bonchev–Trinajstić information content (AvgIpc) is 2.61. The van der Waals surface area contributed by atoms with Gasteiger partial charge in [-0.3, -0.25) is 9.59 Å². The first-order valence-electron chi connectivity index (χ1n) is 5.04. The fourth-order valence-electron chi connectivity index (χ4n) is 1.83. The van der Waals surface area contributed by atoms with Crippen molar-refractivity contribution in [3.05, 3.63) is 29.8 Å². The molecule has 6 heteroatoms. The van der Waals surface area contributed by atoms with Crippen molar-refractivity contribution in [2.75, 3.05) is 11.4 Å². The van der Waals surface area contributed by atoms with Gasteiger partial charge in [-0.1, -0.05) is 0 Å². The molecule has 2 rings (SSSR count). The van der Waals surface area contributed by atoms with Crippen LogP contribution in [-0.4, -0.2) is 18.4 Å². The Bertz CT molecular complexity index is 490.